The number of carbonyl (C=O) groups excluding carboxylic acids is 1. The maximum Gasteiger partial charge on any atom is 0.303 e. The summed E-state index contributed by atoms with van der Waals surface area (Å²) in [6.45, 7) is 3.55. The van der Waals surface area contributed by atoms with Gasteiger partial charge in [-0.1, -0.05) is 49.7 Å². The van der Waals surface area contributed by atoms with Gasteiger partial charge in [0.05, 0.1) is 14.2 Å². The molecule has 1 heterocycles. The Morgan fingerprint density at radius 2 is 1.82 bits per heavy atom. The van der Waals surface area contributed by atoms with Gasteiger partial charge in [0.1, 0.15) is 6.61 Å². The van der Waals surface area contributed by atoms with Gasteiger partial charge >= 0.3 is 5.97 Å². The first-order valence-corrected chi connectivity index (χ1v) is 11.4. The number of hydrogen-bond donors (Lipinski definition) is 1. The predicted octanol–water partition coefficient (Wildman–Crippen LogP) is 4.17. The summed E-state index contributed by atoms with van der Waals surface area (Å²) in [6.07, 6.45) is 1.78. The number of piperidine rings is 1. The summed E-state index contributed by atoms with van der Waals surface area (Å²) in [5.74, 6) is 0.995. The van der Waals surface area contributed by atoms with E-state index in [9.17, 15) is 14.7 Å². The molecular formula is C26H33NO6. The highest BCUT2D eigenvalue weighted by atomic mass is 16.5. The lowest BCUT2D eigenvalue weighted by Gasteiger charge is -2.37. The van der Waals surface area contributed by atoms with Crippen molar-refractivity contribution in [2.24, 2.45) is 11.8 Å². The highest BCUT2D eigenvalue weighted by molar-refractivity contribution is 5.78. The molecule has 0 aromatic heterocycles. The van der Waals surface area contributed by atoms with Crippen molar-refractivity contribution in [2.75, 3.05) is 27.3 Å². The van der Waals surface area contributed by atoms with Crippen LogP contribution in [0.5, 0.6) is 17.2 Å². The number of amides is 1. The molecule has 1 fully saturated rings. The summed E-state index contributed by atoms with van der Waals surface area (Å²) in [5.41, 5.74) is 1.96. The summed E-state index contributed by atoms with van der Waals surface area (Å²) in [4.78, 5) is 25.8. The third kappa shape index (κ3) is 6.18. The molecule has 0 unspecified atom stereocenters. The lowest BCUT2D eigenvalue weighted by Crippen LogP contribution is -2.45. The van der Waals surface area contributed by atoms with Crippen molar-refractivity contribution in [1.82, 2.24) is 4.90 Å². The van der Waals surface area contributed by atoms with Gasteiger partial charge in [-0.15, -0.1) is 0 Å². The fourth-order valence-electron chi connectivity index (χ4n) is 4.48. The standard InChI is InChI=1S/C26H33NO6/c1-4-19-16-27(23(28)14-21(19)15-24(29)30)13-12-20-10-11-22(31-2)26(32-3)25(20)33-17-18-8-6-5-7-9-18/h5-11,19,21H,4,12-17H2,1-3H3,(H,29,30)/t19-,21-/m0/s1. The maximum absolute atomic E-state index is 12.7. The quantitative estimate of drug-likeness (QED) is 0.547. The summed E-state index contributed by atoms with van der Waals surface area (Å²) >= 11 is 0. The molecule has 7 nitrogen and oxygen atoms in total. The molecule has 33 heavy (non-hydrogen) atoms. The third-order valence-electron chi connectivity index (χ3n) is 6.33. The average molecular weight is 456 g/mol. The van der Waals surface area contributed by atoms with E-state index < -0.39 is 5.97 Å². The second-order valence-electron chi connectivity index (χ2n) is 8.38. The Morgan fingerprint density at radius 1 is 1.06 bits per heavy atom. The molecule has 2 aromatic carbocycles. The molecule has 1 aliphatic rings. The number of ether oxygens (including phenoxy) is 3. The third-order valence-corrected chi connectivity index (χ3v) is 6.33. The Labute approximate surface area is 195 Å². The number of methoxy groups -OCH3 is 2. The average Bonchev–Trinajstić information content (AvgIpc) is 2.82. The first-order chi connectivity index (χ1) is 16.0. The normalized spacial score (nSPS) is 18.2. The maximum atomic E-state index is 12.7. The molecular weight excluding hydrogens is 422 g/mol. The van der Waals surface area contributed by atoms with Crippen LogP contribution in [0.25, 0.3) is 0 Å². The van der Waals surface area contributed by atoms with Crippen molar-refractivity contribution in [3.63, 3.8) is 0 Å². The molecule has 0 bridgehead atoms. The zero-order valence-corrected chi connectivity index (χ0v) is 19.6. The summed E-state index contributed by atoms with van der Waals surface area (Å²) in [5, 5.41) is 9.18. The first-order valence-electron chi connectivity index (χ1n) is 11.4. The van der Waals surface area contributed by atoms with Crippen LogP contribution < -0.4 is 14.2 Å². The zero-order chi connectivity index (χ0) is 23.8. The number of carboxylic acid groups (broad SMARTS) is 1. The molecule has 0 saturated carbocycles. The second kappa shape index (κ2) is 11.6. The SMILES string of the molecule is CC[C@H]1CN(CCc2ccc(OC)c(OC)c2OCc2ccccc2)C(=O)C[C@H]1CC(=O)O. The van der Waals surface area contributed by atoms with Gasteiger partial charge in [0.15, 0.2) is 11.5 Å². The van der Waals surface area contributed by atoms with Gasteiger partial charge in [0.25, 0.3) is 0 Å². The smallest absolute Gasteiger partial charge is 0.303 e. The highest BCUT2D eigenvalue weighted by Crippen LogP contribution is 2.41. The number of hydrogen-bond acceptors (Lipinski definition) is 5. The van der Waals surface area contributed by atoms with E-state index in [0.717, 1.165) is 17.5 Å². The van der Waals surface area contributed by atoms with Crippen LogP contribution in [0.2, 0.25) is 0 Å². The molecule has 3 rings (SSSR count). The molecule has 1 saturated heterocycles. The van der Waals surface area contributed by atoms with Crippen LogP contribution in [0.3, 0.4) is 0 Å². The van der Waals surface area contributed by atoms with Gasteiger partial charge < -0.3 is 24.2 Å². The van der Waals surface area contributed by atoms with Crippen molar-refractivity contribution in [3.05, 3.63) is 53.6 Å². The lowest BCUT2D eigenvalue weighted by atomic mass is 9.81. The van der Waals surface area contributed by atoms with E-state index in [-0.39, 0.29) is 30.6 Å². The molecule has 7 heteroatoms. The van der Waals surface area contributed by atoms with Crippen LogP contribution in [0.15, 0.2) is 42.5 Å². The van der Waals surface area contributed by atoms with Crippen molar-refractivity contribution in [3.8, 4) is 17.2 Å². The zero-order valence-electron chi connectivity index (χ0n) is 19.6. The Morgan fingerprint density at radius 3 is 2.45 bits per heavy atom. The molecule has 0 aliphatic carbocycles. The van der Waals surface area contributed by atoms with Crippen LogP contribution in [0.1, 0.15) is 37.3 Å². The summed E-state index contributed by atoms with van der Waals surface area (Å²) in [6, 6.07) is 13.7. The Kier molecular flexibility index (Phi) is 8.58. The van der Waals surface area contributed by atoms with Gasteiger partial charge in [-0.25, -0.2) is 0 Å². The first kappa shape index (κ1) is 24.4. The largest absolute Gasteiger partial charge is 0.493 e. The van der Waals surface area contributed by atoms with E-state index in [1.807, 2.05) is 47.4 Å². The summed E-state index contributed by atoms with van der Waals surface area (Å²) in [7, 11) is 3.17. The molecule has 2 atom stereocenters. The monoisotopic (exact) mass is 455 g/mol. The second-order valence-corrected chi connectivity index (χ2v) is 8.38. The Balaban J connectivity index is 1.75. The highest BCUT2D eigenvalue weighted by Gasteiger charge is 2.34. The van der Waals surface area contributed by atoms with Crippen LogP contribution in [0.4, 0.5) is 0 Å². The molecule has 1 N–H and O–H groups in total. The van der Waals surface area contributed by atoms with E-state index in [4.69, 9.17) is 14.2 Å². The molecule has 1 amide bonds. The molecule has 178 valence electrons. The Bertz CT molecular complexity index is 945. The van der Waals surface area contributed by atoms with Crippen molar-refractivity contribution in [1.29, 1.82) is 0 Å². The van der Waals surface area contributed by atoms with Crippen LogP contribution in [-0.2, 0) is 22.6 Å². The fourth-order valence-corrected chi connectivity index (χ4v) is 4.48. The van der Waals surface area contributed by atoms with E-state index in [1.165, 1.54) is 0 Å². The summed E-state index contributed by atoms with van der Waals surface area (Å²) < 4.78 is 17.2. The number of benzene rings is 2. The van der Waals surface area contributed by atoms with Gasteiger partial charge in [0, 0.05) is 31.5 Å². The lowest BCUT2D eigenvalue weighted by molar-refractivity contribution is -0.142. The number of nitrogens with zero attached hydrogens (tertiary/aromatic N) is 1. The van der Waals surface area contributed by atoms with E-state index in [1.54, 1.807) is 14.2 Å². The van der Waals surface area contributed by atoms with Gasteiger partial charge in [-0.3, -0.25) is 9.59 Å². The number of carboxylic acids is 1. The molecule has 0 radical (unpaired) electrons. The minimum absolute atomic E-state index is 0.0122. The van der Waals surface area contributed by atoms with Gasteiger partial charge in [-0.05, 0) is 29.9 Å². The predicted molar refractivity (Wildman–Crippen MR) is 125 cm³/mol. The number of rotatable bonds is 11. The number of likely N-dealkylation sites (tertiary alicyclic amines) is 1. The molecule has 0 spiro atoms. The molecule has 2 aromatic rings. The Hall–Kier alpha value is -3.22. The number of carbonyl (C=O) groups is 2. The van der Waals surface area contributed by atoms with Crippen molar-refractivity contribution >= 4 is 11.9 Å². The van der Waals surface area contributed by atoms with E-state index in [2.05, 4.69) is 6.92 Å². The van der Waals surface area contributed by atoms with E-state index in [0.29, 0.717) is 43.4 Å². The van der Waals surface area contributed by atoms with Crippen molar-refractivity contribution < 1.29 is 28.9 Å². The van der Waals surface area contributed by atoms with E-state index >= 15 is 0 Å². The van der Waals surface area contributed by atoms with Crippen LogP contribution in [0, 0.1) is 11.8 Å². The van der Waals surface area contributed by atoms with Crippen LogP contribution in [-0.4, -0.2) is 49.2 Å². The van der Waals surface area contributed by atoms with Gasteiger partial charge in [0.2, 0.25) is 11.7 Å². The number of aliphatic carboxylic acids is 1. The topological polar surface area (TPSA) is 85.3 Å². The van der Waals surface area contributed by atoms with Crippen molar-refractivity contribution in [2.45, 2.75) is 39.2 Å². The van der Waals surface area contributed by atoms with Crippen LogP contribution >= 0.6 is 0 Å². The fraction of sp³-hybridized carbons (Fsp3) is 0.462. The minimum atomic E-state index is -0.842. The van der Waals surface area contributed by atoms with Gasteiger partial charge in [-0.2, -0.15) is 0 Å². The minimum Gasteiger partial charge on any atom is -0.493 e. The molecule has 1 aliphatic heterocycles.